The molecule has 5 heteroatoms. The number of amides is 1. The lowest BCUT2D eigenvalue weighted by atomic mass is 10.0. The van der Waals surface area contributed by atoms with E-state index in [2.05, 4.69) is 51.2 Å². The molecule has 1 atom stereocenters. The van der Waals surface area contributed by atoms with Crippen LogP contribution in [-0.4, -0.2) is 23.9 Å². The van der Waals surface area contributed by atoms with Gasteiger partial charge in [-0.15, -0.1) is 11.3 Å². The van der Waals surface area contributed by atoms with E-state index < -0.39 is 0 Å². The van der Waals surface area contributed by atoms with Crippen LogP contribution in [0.5, 0.6) is 0 Å². The maximum absolute atomic E-state index is 12.2. The Morgan fingerprint density at radius 2 is 2.33 bits per heavy atom. The molecule has 3 nitrogen and oxygen atoms in total. The summed E-state index contributed by atoms with van der Waals surface area (Å²) in [6.07, 6.45) is 1.05. The zero-order valence-electron chi connectivity index (χ0n) is 11.8. The molecular formula is C16H17IN2OS. The Hall–Kier alpha value is -0.920. The molecular weight excluding hydrogens is 395 g/mol. The third-order valence-electron chi connectivity index (χ3n) is 3.86. The van der Waals surface area contributed by atoms with Crippen LogP contribution in [0.1, 0.15) is 23.4 Å². The minimum Gasteiger partial charge on any atom is -0.325 e. The van der Waals surface area contributed by atoms with Gasteiger partial charge in [0.2, 0.25) is 5.91 Å². The zero-order chi connectivity index (χ0) is 14.8. The number of hydrogen-bond acceptors (Lipinski definition) is 3. The van der Waals surface area contributed by atoms with Gasteiger partial charge in [0.1, 0.15) is 0 Å². The molecule has 0 spiro atoms. The molecule has 2 heterocycles. The van der Waals surface area contributed by atoms with Crippen LogP contribution in [0.15, 0.2) is 35.7 Å². The number of hydrogen-bond donors (Lipinski definition) is 1. The topological polar surface area (TPSA) is 32.3 Å². The first-order valence-corrected chi connectivity index (χ1v) is 8.95. The van der Waals surface area contributed by atoms with Crippen LogP contribution >= 0.6 is 33.9 Å². The van der Waals surface area contributed by atoms with Crippen molar-refractivity contribution in [1.82, 2.24) is 4.90 Å². The minimum absolute atomic E-state index is 0.0579. The fraction of sp³-hybridized carbons (Fsp3) is 0.312. The molecule has 1 aromatic heterocycles. The lowest BCUT2D eigenvalue weighted by Crippen LogP contribution is -2.39. The maximum atomic E-state index is 12.2. The van der Waals surface area contributed by atoms with Crippen LogP contribution in [0.25, 0.3) is 0 Å². The molecule has 1 N–H and O–H groups in total. The maximum Gasteiger partial charge on any atom is 0.238 e. The molecule has 0 saturated carbocycles. The molecule has 1 amide bonds. The van der Waals surface area contributed by atoms with E-state index >= 15 is 0 Å². The largest absolute Gasteiger partial charge is 0.325 e. The summed E-state index contributed by atoms with van der Waals surface area (Å²) < 4.78 is 1.12. The first kappa shape index (κ1) is 15.0. The Morgan fingerprint density at radius 3 is 3.14 bits per heavy atom. The van der Waals surface area contributed by atoms with Gasteiger partial charge in [0.25, 0.3) is 0 Å². The van der Waals surface area contributed by atoms with E-state index in [4.69, 9.17) is 0 Å². The molecule has 1 unspecified atom stereocenters. The van der Waals surface area contributed by atoms with Crippen molar-refractivity contribution in [2.45, 2.75) is 19.4 Å². The Morgan fingerprint density at radius 1 is 1.48 bits per heavy atom. The summed E-state index contributed by atoms with van der Waals surface area (Å²) in [7, 11) is 0. The van der Waals surface area contributed by atoms with Crippen molar-refractivity contribution in [2.24, 2.45) is 0 Å². The molecule has 3 rings (SSSR count). The Kier molecular flexibility index (Phi) is 4.61. The van der Waals surface area contributed by atoms with Crippen molar-refractivity contribution < 1.29 is 4.79 Å². The molecule has 2 aromatic rings. The monoisotopic (exact) mass is 412 g/mol. The van der Waals surface area contributed by atoms with Crippen LogP contribution in [0.3, 0.4) is 0 Å². The first-order valence-electron chi connectivity index (χ1n) is 6.99. The van der Waals surface area contributed by atoms with Gasteiger partial charge in [-0.25, -0.2) is 0 Å². The summed E-state index contributed by atoms with van der Waals surface area (Å²) in [5.41, 5.74) is 2.25. The van der Waals surface area contributed by atoms with Crippen molar-refractivity contribution in [3.63, 3.8) is 0 Å². The summed E-state index contributed by atoms with van der Waals surface area (Å²) in [6.45, 7) is 3.58. The number of fused-ring (bicyclic) bond motifs is 1. The number of thiophene rings is 1. The van der Waals surface area contributed by atoms with Gasteiger partial charge < -0.3 is 5.32 Å². The van der Waals surface area contributed by atoms with Crippen molar-refractivity contribution >= 4 is 45.5 Å². The summed E-state index contributed by atoms with van der Waals surface area (Å²) >= 11 is 4.08. The Labute approximate surface area is 142 Å². The average molecular weight is 412 g/mol. The molecule has 0 fully saturated rings. The molecule has 21 heavy (non-hydrogen) atoms. The van der Waals surface area contributed by atoms with E-state index in [1.807, 2.05) is 35.6 Å². The van der Waals surface area contributed by atoms with Gasteiger partial charge in [-0.05, 0) is 71.1 Å². The number of nitrogens with one attached hydrogen (secondary N) is 1. The van der Waals surface area contributed by atoms with Gasteiger partial charge in [-0.1, -0.05) is 6.07 Å². The lowest BCUT2D eigenvalue weighted by Gasteiger charge is -2.32. The van der Waals surface area contributed by atoms with Crippen LogP contribution in [0, 0.1) is 3.57 Å². The summed E-state index contributed by atoms with van der Waals surface area (Å²) in [4.78, 5) is 16.0. The normalized spacial score (nSPS) is 18.3. The molecule has 1 aliphatic heterocycles. The zero-order valence-corrected chi connectivity index (χ0v) is 14.8. The van der Waals surface area contributed by atoms with Crippen LogP contribution < -0.4 is 5.32 Å². The van der Waals surface area contributed by atoms with E-state index in [0.717, 1.165) is 22.2 Å². The molecule has 1 aliphatic rings. The smallest absolute Gasteiger partial charge is 0.238 e. The van der Waals surface area contributed by atoms with Crippen LogP contribution in [-0.2, 0) is 11.2 Å². The molecule has 0 aliphatic carbocycles. The van der Waals surface area contributed by atoms with Crippen molar-refractivity contribution in [3.05, 3.63) is 49.7 Å². The highest BCUT2D eigenvalue weighted by atomic mass is 127. The summed E-state index contributed by atoms with van der Waals surface area (Å²) in [6, 6.07) is 10.4. The number of anilines is 1. The number of benzene rings is 1. The van der Waals surface area contributed by atoms with E-state index in [-0.39, 0.29) is 5.91 Å². The highest BCUT2D eigenvalue weighted by molar-refractivity contribution is 14.1. The second-order valence-corrected chi connectivity index (χ2v) is 7.50. The second-order valence-electron chi connectivity index (χ2n) is 5.25. The molecule has 0 radical (unpaired) electrons. The number of rotatable bonds is 3. The van der Waals surface area contributed by atoms with Gasteiger partial charge in [0.15, 0.2) is 0 Å². The third kappa shape index (κ3) is 3.46. The molecule has 1 aromatic carbocycles. The number of carbonyl (C=O) groups excluding carboxylic acids is 1. The highest BCUT2D eigenvalue weighted by Gasteiger charge is 2.26. The van der Waals surface area contributed by atoms with Crippen molar-refractivity contribution in [1.29, 1.82) is 0 Å². The highest BCUT2D eigenvalue weighted by Crippen LogP contribution is 2.32. The van der Waals surface area contributed by atoms with Crippen molar-refractivity contribution in [2.75, 3.05) is 18.4 Å². The fourth-order valence-corrected chi connectivity index (χ4v) is 4.23. The van der Waals surface area contributed by atoms with Crippen LogP contribution in [0.2, 0.25) is 0 Å². The number of carbonyl (C=O) groups is 1. The quantitative estimate of drug-likeness (QED) is 0.776. The SMILES string of the molecule is CC1c2ccsc2CCN1CC(=O)Nc1cccc(I)c1. The van der Waals surface area contributed by atoms with Gasteiger partial charge in [-0.3, -0.25) is 9.69 Å². The second kappa shape index (κ2) is 6.46. The third-order valence-corrected chi connectivity index (χ3v) is 5.53. The molecule has 0 bridgehead atoms. The molecule has 0 saturated heterocycles. The molecule has 110 valence electrons. The van der Waals surface area contributed by atoms with E-state index in [1.165, 1.54) is 10.4 Å². The Balaban J connectivity index is 1.63. The number of nitrogens with zero attached hydrogens (tertiary/aromatic N) is 1. The summed E-state index contributed by atoms with van der Waals surface area (Å²) in [5, 5.41) is 5.14. The minimum atomic E-state index is 0.0579. The summed E-state index contributed by atoms with van der Waals surface area (Å²) in [5.74, 6) is 0.0579. The van der Waals surface area contributed by atoms with Gasteiger partial charge in [0.05, 0.1) is 6.54 Å². The Bertz CT molecular complexity index is 655. The average Bonchev–Trinajstić information content (AvgIpc) is 2.91. The van der Waals surface area contributed by atoms with E-state index in [9.17, 15) is 4.79 Å². The predicted octanol–water partition coefficient (Wildman–Crippen LogP) is 3.91. The van der Waals surface area contributed by atoms with E-state index in [1.54, 1.807) is 0 Å². The predicted molar refractivity (Wildman–Crippen MR) is 95.8 cm³/mol. The van der Waals surface area contributed by atoms with Gasteiger partial charge >= 0.3 is 0 Å². The van der Waals surface area contributed by atoms with Gasteiger partial charge in [0, 0.05) is 26.7 Å². The van der Waals surface area contributed by atoms with E-state index in [0.29, 0.717) is 12.6 Å². The lowest BCUT2D eigenvalue weighted by molar-refractivity contribution is -0.117. The fourth-order valence-electron chi connectivity index (χ4n) is 2.73. The number of halogens is 1. The van der Waals surface area contributed by atoms with Crippen molar-refractivity contribution in [3.8, 4) is 0 Å². The van der Waals surface area contributed by atoms with Crippen LogP contribution in [0.4, 0.5) is 5.69 Å². The first-order chi connectivity index (χ1) is 10.1. The van der Waals surface area contributed by atoms with Gasteiger partial charge in [-0.2, -0.15) is 0 Å². The standard InChI is InChI=1S/C16H17IN2OS/c1-11-14-6-8-21-15(14)5-7-19(11)10-16(20)18-13-4-2-3-12(17)9-13/h2-4,6,8-9,11H,5,7,10H2,1H3,(H,18,20).